The van der Waals surface area contributed by atoms with E-state index in [9.17, 15) is 23.3 Å². The van der Waals surface area contributed by atoms with Crippen LogP contribution in [-0.2, 0) is 0 Å². The van der Waals surface area contributed by atoms with Crippen LogP contribution in [0.15, 0.2) is 34.8 Å². The second-order valence-electron chi connectivity index (χ2n) is 5.15. The van der Waals surface area contributed by atoms with E-state index >= 15 is 0 Å². The highest BCUT2D eigenvalue weighted by Crippen LogP contribution is 2.40. The molecular weight excluding hydrogens is 441 g/mol. The molecule has 0 aliphatic rings. The zero-order valence-electron chi connectivity index (χ0n) is 13.3. The summed E-state index contributed by atoms with van der Waals surface area (Å²) in [5, 5.41) is 13.6. The summed E-state index contributed by atoms with van der Waals surface area (Å²) >= 11 is 8.98. The number of rotatable bonds is 7. The molecule has 0 spiro atoms. The monoisotopic (exact) mass is 452 g/mol. The van der Waals surface area contributed by atoms with Crippen LogP contribution in [0.4, 0.5) is 24.5 Å². The zero-order chi connectivity index (χ0) is 19.4. The molecule has 5 nitrogen and oxygen atoms in total. The minimum absolute atomic E-state index is 0.126. The lowest BCUT2D eigenvalue weighted by atomic mass is 10.0. The highest BCUT2D eigenvalue weighted by atomic mass is 79.9. The fourth-order valence-electron chi connectivity index (χ4n) is 2.44. The number of anilines is 1. The first-order valence-electron chi connectivity index (χ1n) is 7.38. The molecule has 0 heterocycles. The van der Waals surface area contributed by atoms with Gasteiger partial charge in [0.25, 0.3) is 5.69 Å². The molecule has 2 rings (SSSR count). The quantitative estimate of drug-likeness (QED) is 0.394. The molecule has 10 heteroatoms. The molecule has 0 unspecified atom stereocenters. The Hall–Kier alpha value is -2.00. The minimum atomic E-state index is -3.06. The Labute approximate surface area is 160 Å². The number of halogens is 5. The Morgan fingerprint density at radius 1 is 1.35 bits per heavy atom. The molecule has 2 aromatic carbocycles. The normalized spacial score (nSPS) is 12.1. The highest BCUT2D eigenvalue weighted by Gasteiger charge is 2.26. The van der Waals surface area contributed by atoms with E-state index in [-0.39, 0.29) is 16.3 Å². The van der Waals surface area contributed by atoms with E-state index in [0.29, 0.717) is 10.9 Å². The Kier molecular flexibility index (Phi) is 6.71. The molecule has 1 atom stereocenters. The van der Waals surface area contributed by atoms with Gasteiger partial charge >= 0.3 is 6.61 Å². The third-order valence-corrected chi connectivity index (χ3v) is 4.56. The van der Waals surface area contributed by atoms with Crippen molar-refractivity contribution in [2.45, 2.75) is 26.0 Å². The Balaban J connectivity index is 2.53. The predicted molar refractivity (Wildman–Crippen MR) is 95.5 cm³/mol. The fraction of sp³-hybridized carbons (Fsp3) is 0.250. The van der Waals surface area contributed by atoms with Crippen LogP contribution < -0.4 is 10.1 Å². The van der Waals surface area contributed by atoms with Crippen molar-refractivity contribution in [3.8, 4) is 5.75 Å². The molecule has 0 fully saturated rings. The maximum Gasteiger partial charge on any atom is 0.387 e. The van der Waals surface area contributed by atoms with Crippen molar-refractivity contribution in [1.29, 1.82) is 0 Å². The molecule has 0 saturated heterocycles. The van der Waals surface area contributed by atoms with E-state index in [2.05, 4.69) is 26.0 Å². The second kappa shape index (κ2) is 8.59. The summed E-state index contributed by atoms with van der Waals surface area (Å²) in [7, 11) is 0. The maximum absolute atomic E-state index is 14.4. The van der Waals surface area contributed by atoms with E-state index in [1.807, 2.05) is 0 Å². The van der Waals surface area contributed by atoms with Crippen LogP contribution in [0.3, 0.4) is 0 Å². The summed E-state index contributed by atoms with van der Waals surface area (Å²) < 4.78 is 44.7. The van der Waals surface area contributed by atoms with E-state index in [4.69, 9.17) is 11.6 Å². The van der Waals surface area contributed by atoms with Gasteiger partial charge in [0.15, 0.2) is 11.5 Å². The molecule has 26 heavy (non-hydrogen) atoms. The molecule has 0 bridgehead atoms. The number of hydrogen-bond acceptors (Lipinski definition) is 4. The van der Waals surface area contributed by atoms with Gasteiger partial charge in [0.2, 0.25) is 0 Å². The average Bonchev–Trinajstić information content (AvgIpc) is 2.56. The van der Waals surface area contributed by atoms with Crippen LogP contribution in [0.5, 0.6) is 5.75 Å². The molecule has 0 aliphatic carbocycles. The van der Waals surface area contributed by atoms with Crippen molar-refractivity contribution in [3.63, 3.8) is 0 Å². The zero-order valence-corrected chi connectivity index (χ0v) is 15.7. The molecule has 0 amide bonds. The standard InChI is InChI=1S/C16H13BrClF3N2O3/c1-2-10(13-8(17)4-3-5-12(13)26-16(20)21)22-15-11(23(24)25)7-6-9(18)14(15)19/h3-7,10,16,22H,2H2,1H3/t10-/m1/s1. The molecule has 0 aliphatic heterocycles. The van der Waals surface area contributed by atoms with Gasteiger partial charge in [-0.1, -0.05) is 40.5 Å². The number of alkyl halides is 2. The van der Waals surface area contributed by atoms with E-state index in [1.54, 1.807) is 13.0 Å². The van der Waals surface area contributed by atoms with Gasteiger partial charge in [0.05, 0.1) is 16.0 Å². The van der Waals surface area contributed by atoms with Crippen LogP contribution in [0.1, 0.15) is 24.9 Å². The third kappa shape index (κ3) is 4.39. The first kappa shape index (κ1) is 20.3. The van der Waals surface area contributed by atoms with Gasteiger partial charge in [-0.25, -0.2) is 4.39 Å². The van der Waals surface area contributed by atoms with Crippen LogP contribution in [0.2, 0.25) is 5.02 Å². The largest absolute Gasteiger partial charge is 0.434 e. The van der Waals surface area contributed by atoms with Gasteiger partial charge in [-0.3, -0.25) is 10.1 Å². The molecule has 2 aromatic rings. The summed E-state index contributed by atoms with van der Waals surface area (Å²) in [6.07, 6.45) is 0.297. The number of nitro benzene ring substituents is 1. The molecule has 1 N–H and O–H groups in total. The van der Waals surface area contributed by atoms with Gasteiger partial charge < -0.3 is 10.1 Å². The van der Waals surface area contributed by atoms with Crippen molar-refractivity contribution >= 4 is 38.9 Å². The van der Waals surface area contributed by atoms with Crippen LogP contribution in [0.25, 0.3) is 0 Å². The summed E-state index contributed by atoms with van der Waals surface area (Å²) in [6, 6.07) is 5.81. The maximum atomic E-state index is 14.4. The third-order valence-electron chi connectivity index (χ3n) is 3.57. The Bertz CT molecular complexity index is 824. The summed E-state index contributed by atoms with van der Waals surface area (Å²) in [5.41, 5.74) is -0.661. The van der Waals surface area contributed by atoms with Crippen LogP contribution in [0, 0.1) is 15.9 Å². The Morgan fingerprint density at radius 3 is 2.62 bits per heavy atom. The summed E-state index contributed by atoms with van der Waals surface area (Å²) in [6.45, 7) is -1.35. The molecular formula is C16H13BrClF3N2O3. The molecule has 0 radical (unpaired) electrons. The average molecular weight is 454 g/mol. The van der Waals surface area contributed by atoms with Crippen LogP contribution >= 0.6 is 27.5 Å². The van der Waals surface area contributed by atoms with E-state index in [0.717, 1.165) is 12.1 Å². The molecule has 0 aromatic heterocycles. The molecule has 0 saturated carbocycles. The van der Waals surface area contributed by atoms with Crippen molar-refractivity contribution < 1.29 is 22.8 Å². The van der Waals surface area contributed by atoms with Gasteiger partial charge in [-0.05, 0) is 24.6 Å². The van der Waals surface area contributed by atoms with Crippen LogP contribution in [-0.4, -0.2) is 11.5 Å². The minimum Gasteiger partial charge on any atom is -0.434 e. The van der Waals surface area contributed by atoms with Gasteiger partial charge in [-0.2, -0.15) is 8.78 Å². The van der Waals surface area contributed by atoms with Gasteiger partial charge in [0, 0.05) is 16.1 Å². The first-order valence-corrected chi connectivity index (χ1v) is 8.55. The van der Waals surface area contributed by atoms with Gasteiger partial charge in [-0.15, -0.1) is 0 Å². The lowest BCUT2D eigenvalue weighted by molar-refractivity contribution is -0.384. The predicted octanol–water partition coefficient (Wildman–Crippen LogP) is 6.31. The smallest absolute Gasteiger partial charge is 0.387 e. The summed E-state index contributed by atoms with van der Waals surface area (Å²) in [4.78, 5) is 10.4. The Morgan fingerprint density at radius 2 is 2.04 bits per heavy atom. The number of nitro groups is 1. The lowest BCUT2D eigenvalue weighted by Crippen LogP contribution is -2.15. The highest BCUT2D eigenvalue weighted by molar-refractivity contribution is 9.10. The van der Waals surface area contributed by atoms with Crippen molar-refractivity contribution in [3.05, 3.63) is 61.3 Å². The number of nitrogens with one attached hydrogen (secondary N) is 1. The molecule has 140 valence electrons. The van der Waals surface area contributed by atoms with Crippen molar-refractivity contribution in [1.82, 2.24) is 0 Å². The second-order valence-corrected chi connectivity index (χ2v) is 6.41. The van der Waals surface area contributed by atoms with Crippen molar-refractivity contribution in [2.24, 2.45) is 0 Å². The first-order chi connectivity index (χ1) is 12.3. The van der Waals surface area contributed by atoms with E-state index in [1.165, 1.54) is 12.1 Å². The summed E-state index contributed by atoms with van der Waals surface area (Å²) in [5.74, 6) is -1.12. The van der Waals surface area contributed by atoms with Gasteiger partial charge in [0.1, 0.15) is 5.75 Å². The van der Waals surface area contributed by atoms with Crippen molar-refractivity contribution in [2.75, 3.05) is 5.32 Å². The lowest BCUT2D eigenvalue weighted by Gasteiger charge is -2.23. The van der Waals surface area contributed by atoms with E-state index < -0.39 is 34.8 Å². The number of ether oxygens (including phenoxy) is 1. The number of nitrogens with zero attached hydrogens (tertiary/aromatic N) is 1. The topological polar surface area (TPSA) is 64.4 Å². The number of benzene rings is 2. The fourth-order valence-corrected chi connectivity index (χ4v) is 3.22. The number of hydrogen-bond donors (Lipinski definition) is 1. The SMILES string of the molecule is CC[C@@H](Nc1c([N+](=O)[O-])ccc(Cl)c1F)c1c(Br)cccc1OC(F)F.